The number of esters is 1. The van der Waals surface area contributed by atoms with Crippen molar-refractivity contribution in [1.29, 1.82) is 0 Å². The minimum Gasteiger partial charge on any atom is -0.460 e. The standard InChI is InChI=1S/C14H24O5/c1-13(2,3)19-12(16)9-11-8-10(6-7-15)17-14(4,5)18-11/h7,10-11H,6,8-9H2,1-5H3/t10-,11+/m1/s1. The zero-order chi connectivity index (χ0) is 14.7. The number of hydrogen-bond acceptors (Lipinski definition) is 5. The fourth-order valence-electron chi connectivity index (χ4n) is 2.17. The first-order valence-electron chi connectivity index (χ1n) is 6.62. The summed E-state index contributed by atoms with van der Waals surface area (Å²) in [5, 5.41) is 0. The molecule has 0 aromatic carbocycles. The fourth-order valence-corrected chi connectivity index (χ4v) is 2.17. The Labute approximate surface area is 114 Å². The molecule has 19 heavy (non-hydrogen) atoms. The van der Waals surface area contributed by atoms with E-state index in [1.54, 1.807) is 13.8 Å². The van der Waals surface area contributed by atoms with E-state index in [0.717, 1.165) is 6.29 Å². The van der Waals surface area contributed by atoms with Crippen LogP contribution < -0.4 is 0 Å². The molecule has 110 valence electrons. The summed E-state index contributed by atoms with van der Waals surface area (Å²) >= 11 is 0. The van der Waals surface area contributed by atoms with E-state index in [-0.39, 0.29) is 24.6 Å². The molecule has 1 saturated heterocycles. The van der Waals surface area contributed by atoms with E-state index in [2.05, 4.69) is 0 Å². The lowest BCUT2D eigenvalue weighted by molar-refractivity contribution is -0.299. The first-order chi connectivity index (χ1) is 8.61. The summed E-state index contributed by atoms with van der Waals surface area (Å²) in [7, 11) is 0. The van der Waals surface area contributed by atoms with E-state index in [1.165, 1.54) is 0 Å². The van der Waals surface area contributed by atoms with E-state index in [4.69, 9.17) is 14.2 Å². The third-order valence-corrected chi connectivity index (χ3v) is 2.60. The summed E-state index contributed by atoms with van der Waals surface area (Å²) < 4.78 is 16.6. The summed E-state index contributed by atoms with van der Waals surface area (Å²) in [6.07, 6.45) is 1.38. The van der Waals surface area contributed by atoms with Crippen molar-refractivity contribution in [2.75, 3.05) is 0 Å². The quantitative estimate of drug-likeness (QED) is 0.580. The predicted octanol–water partition coefficient (Wildman–Crippen LogP) is 2.22. The second kappa shape index (κ2) is 6.01. The smallest absolute Gasteiger partial charge is 0.308 e. The van der Waals surface area contributed by atoms with Crippen LogP contribution in [0.4, 0.5) is 0 Å². The van der Waals surface area contributed by atoms with Crippen molar-refractivity contribution in [1.82, 2.24) is 0 Å². The summed E-state index contributed by atoms with van der Waals surface area (Å²) in [6, 6.07) is 0. The highest BCUT2D eigenvalue weighted by Crippen LogP contribution is 2.29. The molecule has 5 nitrogen and oxygen atoms in total. The summed E-state index contributed by atoms with van der Waals surface area (Å²) in [4.78, 5) is 22.4. The van der Waals surface area contributed by atoms with Gasteiger partial charge in [-0.3, -0.25) is 4.79 Å². The average Bonchev–Trinajstić information content (AvgIpc) is 2.10. The lowest BCUT2D eigenvalue weighted by Crippen LogP contribution is -2.45. The molecule has 0 unspecified atom stereocenters. The zero-order valence-corrected chi connectivity index (χ0v) is 12.4. The van der Waals surface area contributed by atoms with Gasteiger partial charge >= 0.3 is 5.97 Å². The Hall–Kier alpha value is -0.940. The van der Waals surface area contributed by atoms with Gasteiger partial charge in [0.15, 0.2) is 5.79 Å². The summed E-state index contributed by atoms with van der Waals surface area (Å²) in [5.41, 5.74) is -0.500. The van der Waals surface area contributed by atoms with Gasteiger partial charge in [-0.2, -0.15) is 0 Å². The minimum absolute atomic E-state index is 0.180. The maximum Gasteiger partial charge on any atom is 0.308 e. The molecule has 0 bridgehead atoms. The van der Waals surface area contributed by atoms with Crippen LogP contribution in [0.5, 0.6) is 0 Å². The Balaban J connectivity index is 2.57. The van der Waals surface area contributed by atoms with Crippen LogP contribution in [-0.2, 0) is 23.8 Å². The number of carbonyl (C=O) groups excluding carboxylic acids is 2. The van der Waals surface area contributed by atoms with Gasteiger partial charge in [0.25, 0.3) is 0 Å². The third-order valence-electron chi connectivity index (χ3n) is 2.60. The molecule has 2 atom stereocenters. The second-order valence-corrected chi connectivity index (χ2v) is 6.31. The van der Waals surface area contributed by atoms with Crippen molar-refractivity contribution in [3.63, 3.8) is 0 Å². The van der Waals surface area contributed by atoms with Gasteiger partial charge in [0.05, 0.1) is 18.6 Å². The Morgan fingerprint density at radius 1 is 1.32 bits per heavy atom. The monoisotopic (exact) mass is 272 g/mol. The lowest BCUT2D eigenvalue weighted by Gasteiger charge is -2.40. The topological polar surface area (TPSA) is 61.8 Å². The first kappa shape index (κ1) is 16.1. The van der Waals surface area contributed by atoms with Crippen LogP contribution in [0.15, 0.2) is 0 Å². The first-order valence-corrected chi connectivity index (χ1v) is 6.62. The normalized spacial score (nSPS) is 26.8. The van der Waals surface area contributed by atoms with Crippen molar-refractivity contribution < 1.29 is 23.8 Å². The Kier molecular flexibility index (Phi) is 5.10. The van der Waals surface area contributed by atoms with Gasteiger partial charge in [-0.25, -0.2) is 0 Å². The average molecular weight is 272 g/mol. The highest BCUT2D eigenvalue weighted by atomic mass is 16.7. The number of hydrogen-bond donors (Lipinski definition) is 0. The molecule has 0 amide bonds. The molecule has 1 fully saturated rings. The van der Waals surface area contributed by atoms with Crippen LogP contribution in [0.25, 0.3) is 0 Å². The van der Waals surface area contributed by atoms with Crippen LogP contribution in [0.1, 0.15) is 53.9 Å². The van der Waals surface area contributed by atoms with Crippen molar-refractivity contribution in [3.05, 3.63) is 0 Å². The van der Waals surface area contributed by atoms with Gasteiger partial charge in [-0.15, -0.1) is 0 Å². The summed E-state index contributed by atoms with van der Waals surface area (Å²) in [5.74, 6) is -1.07. The van der Waals surface area contributed by atoms with Gasteiger partial charge in [0.1, 0.15) is 11.9 Å². The SMILES string of the molecule is CC(C)(C)OC(=O)C[C@@H]1C[C@@H](CC=O)OC(C)(C)O1. The lowest BCUT2D eigenvalue weighted by atomic mass is 10.0. The molecular weight excluding hydrogens is 248 g/mol. The maximum atomic E-state index is 11.8. The molecule has 1 aliphatic rings. The Morgan fingerprint density at radius 2 is 1.89 bits per heavy atom. The predicted molar refractivity (Wildman–Crippen MR) is 69.6 cm³/mol. The van der Waals surface area contributed by atoms with Gasteiger partial charge in [-0.05, 0) is 34.6 Å². The third kappa shape index (κ3) is 6.16. The molecular formula is C14H24O5. The maximum absolute atomic E-state index is 11.8. The van der Waals surface area contributed by atoms with E-state index < -0.39 is 11.4 Å². The van der Waals surface area contributed by atoms with Crippen molar-refractivity contribution in [2.45, 2.75) is 77.5 Å². The van der Waals surface area contributed by atoms with E-state index in [1.807, 2.05) is 20.8 Å². The molecule has 0 spiro atoms. The second-order valence-electron chi connectivity index (χ2n) is 6.31. The molecule has 5 heteroatoms. The van der Waals surface area contributed by atoms with Crippen molar-refractivity contribution >= 4 is 12.3 Å². The van der Waals surface area contributed by atoms with Gasteiger partial charge in [0.2, 0.25) is 0 Å². The molecule has 0 aromatic rings. The van der Waals surface area contributed by atoms with E-state index in [0.29, 0.717) is 12.8 Å². The van der Waals surface area contributed by atoms with Crippen molar-refractivity contribution in [2.24, 2.45) is 0 Å². The van der Waals surface area contributed by atoms with Gasteiger partial charge < -0.3 is 19.0 Å². The molecule has 0 N–H and O–H groups in total. The number of rotatable bonds is 4. The largest absolute Gasteiger partial charge is 0.460 e. The molecule has 1 rings (SSSR count). The summed E-state index contributed by atoms with van der Waals surface area (Å²) in [6.45, 7) is 9.05. The van der Waals surface area contributed by atoms with Crippen LogP contribution >= 0.6 is 0 Å². The Bertz CT molecular complexity index is 329. The Morgan fingerprint density at radius 3 is 2.42 bits per heavy atom. The van der Waals surface area contributed by atoms with Gasteiger partial charge in [0, 0.05) is 12.8 Å². The van der Waals surface area contributed by atoms with Crippen molar-refractivity contribution in [3.8, 4) is 0 Å². The van der Waals surface area contributed by atoms with Crippen LogP contribution in [-0.4, -0.2) is 35.9 Å². The van der Waals surface area contributed by atoms with E-state index in [9.17, 15) is 9.59 Å². The molecule has 0 aromatic heterocycles. The molecule has 0 aliphatic carbocycles. The van der Waals surface area contributed by atoms with Gasteiger partial charge in [-0.1, -0.05) is 0 Å². The molecule has 1 aliphatic heterocycles. The number of ether oxygens (including phenoxy) is 3. The minimum atomic E-state index is -0.779. The van der Waals surface area contributed by atoms with Crippen LogP contribution in [0, 0.1) is 0 Å². The molecule has 1 heterocycles. The zero-order valence-electron chi connectivity index (χ0n) is 12.4. The van der Waals surface area contributed by atoms with Crippen LogP contribution in [0.3, 0.4) is 0 Å². The highest BCUT2D eigenvalue weighted by molar-refractivity contribution is 5.70. The fraction of sp³-hybridized carbons (Fsp3) is 0.857. The number of aldehydes is 1. The molecule has 0 saturated carbocycles. The number of carbonyl (C=O) groups is 2. The van der Waals surface area contributed by atoms with Crippen LogP contribution in [0.2, 0.25) is 0 Å². The van der Waals surface area contributed by atoms with E-state index >= 15 is 0 Å². The highest BCUT2D eigenvalue weighted by Gasteiger charge is 2.36. The molecule has 0 radical (unpaired) electrons.